The number of Topliss-reactive ketones (excluding diaryl/α,β-unsaturated/α-hetero) is 1. The first-order valence-corrected chi connectivity index (χ1v) is 14.3. The van der Waals surface area contributed by atoms with Gasteiger partial charge in [-0.1, -0.05) is 61.9 Å². The number of hydrogen-bond acceptors (Lipinski definition) is 4. The van der Waals surface area contributed by atoms with Crippen molar-refractivity contribution in [1.82, 2.24) is 10.3 Å². The molecule has 1 aromatic heterocycles. The molecule has 1 amide bonds. The second kappa shape index (κ2) is 14.3. The van der Waals surface area contributed by atoms with Crippen LogP contribution in [0.3, 0.4) is 0 Å². The van der Waals surface area contributed by atoms with Crippen LogP contribution in [0.4, 0.5) is 0 Å². The number of amides is 1. The fourth-order valence-corrected chi connectivity index (χ4v) is 4.70. The number of aliphatic hydroxyl groups is 1. The number of ether oxygens (including phenoxy) is 1. The number of carbonyl (C=O) groups excluding carboxylic acids is 2. The van der Waals surface area contributed by atoms with Gasteiger partial charge in [-0.05, 0) is 68.7 Å². The van der Waals surface area contributed by atoms with Crippen LogP contribution in [0, 0.1) is 11.8 Å². The van der Waals surface area contributed by atoms with E-state index in [1.54, 1.807) is 12.1 Å². The molecule has 4 aromatic rings. The van der Waals surface area contributed by atoms with E-state index in [0.717, 1.165) is 41.3 Å². The zero-order chi connectivity index (χ0) is 29.2. The van der Waals surface area contributed by atoms with E-state index in [9.17, 15) is 14.7 Å². The summed E-state index contributed by atoms with van der Waals surface area (Å²) in [4.78, 5) is 29.0. The average Bonchev–Trinajstić information content (AvgIpc) is 3.38. The van der Waals surface area contributed by atoms with Crippen LogP contribution in [0.1, 0.15) is 83.9 Å². The molecule has 4 rings (SSSR count). The normalized spacial score (nSPS) is 11.6. The van der Waals surface area contributed by atoms with Crippen molar-refractivity contribution >= 4 is 22.6 Å². The summed E-state index contributed by atoms with van der Waals surface area (Å²) in [6.07, 6.45) is 5.88. The minimum atomic E-state index is -0.480. The third kappa shape index (κ3) is 8.09. The lowest BCUT2D eigenvalue weighted by Gasteiger charge is -2.19. The summed E-state index contributed by atoms with van der Waals surface area (Å²) in [5.74, 6) is 6.52. The minimum Gasteiger partial charge on any atom is -0.490 e. The number of rotatable bonds is 12. The van der Waals surface area contributed by atoms with Crippen LogP contribution >= 0.6 is 0 Å². The molecule has 3 aromatic carbocycles. The first-order chi connectivity index (χ1) is 19.9. The largest absolute Gasteiger partial charge is 0.490 e. The number of hydrogen-bond donors (Lipinski definition) is 3. The van der Waals surface area contributed by atoms with Gasteiger partial charge in [0.2, 0.25) is 0 Å². The van der Waals surface area contributed by atoms with Crippen LogP contribution in [-0.2, 0) is 6.42 Å². The fraction of sp³-hybridized carbons (Fsp3) is 0.314. The molecule has 0 radical (unpaired) electrons. The minimum absolute atomic E-state index is 0.124. The molecule has 0 bridgehead atoms. The second-order valence-electron chi connectivity index (χ2n) is 10.5. The molecule has 0 unspecified atom stereocenters. The van der Waals surface area contributed by atoms with Gasteiger partial charge in [-0.3, -0.25) is 9.59 Å². The summed E-state index contributed by atoms with van der Waals surface area (Å²) >= 11 is 0. The van der Waals surface area contributed by atoms with Crippen LogP contribution in [0.5, 0.6) is 5.75 Å². The summed E-state index contributed by atoms with van der Waals surface area (Å²) in [6.45, 7) is 5.72. The number of benzene rings is 3. The van der Waals surface area contributed by atoms with Crippen LogP contribution in [0.2, 0.25) is 0 Å². The van der Waals surface area contributed by atoms with Gasteiger partial charge in [0.05, 0.1) is 24.3 Å². The Labute approximate surface area is 242 Å². The number of fused-ring (bicyclic) bond motifs is 1. The predicted octanol–water partition coefficient (Wildman–Crippen LogP) is 6.45. The number of aromatic amines is 1. The standard InChI is InChI=1S/C35H38N2O4/c1-4-5-6-11-33(39)27-17-14-25(15-18-27)12-13-26-16-19-34(41-24(2)3)31(20-26)35(40)37-29(23-38)21-28-22-36-32-10-8-7-9-30(28)32/h7-10,14-20,22,24,29,36,38H,4-6,11,21,23H2,1-3H3,(H,37,40)/t29-/m1/s1. The Morgan fingerprint density at radius 1 is 0.976 bits per heavy atom. The third-order valence-electron chi connectivity index (χ3n) is 6.85. The molecule has 3 N–H and O–H groups in total. The molecule has 0 aliphatic carbocycles. The quantitative estimate of drug-likeness (QED) is 0.107. The Bertz CT molecular complexity index is 1540. The van der Waals surface area contributed by atoms with E-state index in [1.165, 1.54) is 0 Å². The van der Waals surface area contributed by atoms with Crippen molar-refractivity contribution in [2.24, 2.45) is 0 Å². The van der Waals surface area contributed by atoms with Crippen molar-refractivity contribution < 1.29 is 19.4 Å². The molecule has 212 valence electrons. The van der Waals surface area contributed by atoms with Gasteiger partial charge in [0, 0.05) is 40.2 Å². The SMILES string of the molecule is CCCCCC(=O)c1ccc(C#Cc2ccc(OC(C)C)c(C(=O)N[C@@H](CO)Cc3c[nH]c4ccccc34)c2)cc1. The Hall–Kier alpha value is -4.34. The highest BCUT2D eigenvalue weighted by Crippen LogP contribution is 2.23. The number of unbranched alkanes of at least 4 members (excludes halogenated alkanes) is 2. The van der Waals surface area contributed by atoms with E-state index in [2.05, 4.69) is 29.1 Å². The Balaban J connectivity index is 1.50. The number of aliphatic hydroxyl groups excluding tert-OH is 1. The Morgan fingerprint density at radius 2 is 1.71 bits per heavy atom. The van der Waals surface area contributed by atoms with E-state index in [4.69, 9.17) is 4.74 Å². The van der Waals surface area contributed by atoms with E-state index >= 15 is 0 Å². The zero-order valence-corrected chi connectivity index (χ0v) is 24.0. The predicted molar refractivity (Wildman–Crippen MR) is 163 cm³/mol. The molecule has 1 atom stereocenters. The molecule has 0 aliphatic heterocycles. The van der Waals surface area contributed by atoms with Gasteiger partial charge in [-0.15, -0.1) is 0 Å². The van der Waals surface area contributed by atoms with Crippen LogP contribution < -0.4 is 10.1 Å². The summed E-state index contributed by atoms with van der Waals surface area (Å²) in [5, 5.41) is 14.1. The number of aromatic nitrogens is 1. The van der Waals surface area contributed by atoms with Crippen LogP contribution in [0.15, 0.2) is 72.9 Å². The molecular weight excluding hydrogens is 512 g/mol. The molecular formula is C35H38N2O4. The van der Waals surface area contributed by atoms with E-state index in [-0.39, 0.29) is 24.4 Å². The first kappa shape index (κ1) is 29.6. The highest BCUT2D eigenvalue weighted by atomic mass is 16.5. The van der Waals surface area contributed by atoms with E-state index < -0.39 is 6.04 Å². The van der Waals surface area contributed by atoms with Crippen LogP contribution in [-0.4, -0.2) is 40.5 Å². The van der Waals surface area contributed by atoms with Crippen molar-refractivity contribution in [3.8, 4) is 17.6 Å². The maximum atomic E-state index is 13.4. The maximum Gasteiger partial charge on any atom is 0.255 e. The summed E-state index contributed by atoms with van der Waals surface area (Å²) in [5.41, 5.74) is 4.53. The van der Waals surface area contributed by atoms with Crippen molar-refractivity contribution in [2.45, 2.75) is 65.0 Å². The Kier molecular flexibility index (Phi) is 10.4. The summed E-state index contributed by atoms with van der Waals surface area (Å²) in [7, 11) is 0. The van der Waals surface area contributed by atoms with Crippen molar-refractivity contribution in [3.05, 3.63) is 101 Å². The molecule has 1 heterocycles. The molecule has 41 heavy (non-hydrogen) atoms. The highest BCUT2D eigenvalue weighted by Gasteiger charge is 2.19. The number of nitrogens with one attached hydrogen (secondary N) is 2. The van der Waals surface area contributed by atoms with Gasteiger partial charge in [0.1, 0.15) is 5.75 Å². The van der Waals surface area contributed by atoms with Gasteiger partial charge in [-0.2, -0.15) is 0 Å². The third-order valence-corrected chi connectivity index (χ3v) is 6.85. The molecule has 0 spiro atoms. The van der Waals surface area contributed by atoms with Gasteiger partial charge >= 0.3 is 0 Å². The van der Waals surface area contributed by atoms with E-state index in [0.29, 0.717) is 35.3 Å². The number of carbonyl (C=O) groups is 2. The lowest BCUT2D eigenvalue weighted by molar-refractivity contribution is 0.0909. The second-order valence-corrected chi connectivity index (χ2v) is 10.5. The van der Waals surface area contributed by atoms with E-state index in [1.807, 2.05) is 74.6 Å². The highest BCUT2D eigenvalue weighted by molar-refractivity contribution is 5.98. The molecule has 6 heteroatoms. The topological polar surface area (TPSA) is 91.4 Å². The molecule has 0 fully saturated rings. The summed E-state index contributed by atoms with van der Waals surface area (Å²) < 4.78 is 5.93. The monoisotopic (exact) mass is 550 g/mol. The zero-order valence-electron chi connectivity index (χ0n) is 24.0. The van der Waals surface area contributed by atoms with Crippen molar-refractivity contribution in [3.63, 3.8) is 0 Å². The van der Waals surface area contributed by atoms with Gasteiger partial charge in [0.15, 0.2) is 5.78 Å². The smallest absolute Gasteiger partial charge is 0.255 e. The number of para-hydroxylation sites is 1. The summed E-state index contributed by atoms with van der Waals surface area (Å²) in [6, 6.07) is 20.1. The molecule has 0 saturated carbocycles. The van der Waals surface area contributed by atoms with Crippen LogP contribution in [0.25, 0.3) is 10.9 Å². The fourth-order valence-electron chi connectivity index (χ4n) is 4.70. The lowest BCUT2D eigenvalue weighted by Crippen LogP contribution is -2.39. The van der Waals surface area contributed by atoms with Gasteiger partial charge < -0.3 is 20.1 Å². The number of ketones is 1. The first-order valence-electron chi connectivity index (χ1n) is 14.3. The van der Waals surface area contributed by atoms with Crippen molar-refractivity contribution in [2.75, 3.05) is 6.61 Å². The average molecular weight is 551 g/mol. The Morgan fingerprint density at radius 3 is 2.44 bits per heavy atom. The number of H-pyrrole nitrogens is 1. The molecule has 0 aliphatic rings. The molecule has 0 saturated heterocycles. The van der Waals surface area contributed by atoms with Gasteiger partial charge in [-0.25, -0.2) is 0 Å². The van der Waals surface area contributed by atoms with Crippen molar-refractivity contribution in [1.29, 1.82) is 0 Å². The maximum absolute atomic E-state index is 13.4. The van der Waals surface area contributed by atoms with Gasteiger partial charge in [0.25, 0.3) is 5.91 Å². The lowest BCUT2D eigenvalue weighted by atomic mass is 10.0. The molecule has 6 nitrogen and oxygen atoms in total.